The number of benzene rings is 2. The Labute approximate surface area is 172 Å². The highest BCUT2D eigenvalue weighted by Crippen LogP contribution is 2.37. The molecule has 2 aromatic carbocycles. The van der Waals surface area contributed by atoms with Crippen LogP contribution in [0.2, 0.25) is 0 Å². The molecule has 0 aliphatic carbocycles. The van der Waals surface area contributed by atoms with Gasteiger partial charge in [0.05, 0.1) is 10.4 Å². The summed E-state index contributed by atoms with van der Waals surface area (Å²) in [6.45, 7) is 3.44. The van der Waals surface area contributed by atoms with Gasteiger partial charge in [0.15, 0.2) is 0 Å². The number of para-hydroxylation sites is 1. The van der Waals surface area contributed by atoms with E-state index in [0.717, 1.165) is 42.4 Å². The van der Waals surface area contributed by atoms with Crippen molar-refractivity contribution in [1.82, 2.24) is 9.29 Å². The van der Waals surface area contributed by atoms with Gasteiger partial charge in [0.2, 0.25) is 10.0 Å². The van der Waals surface area contributed by atoms with Crippen LogP contribution < -0.4 is 4.90 Å². The van der Waals surface area contributed by atoms with E-state index in [9.17, 15) is 8.42 Å². The minimum absolute atomic E-state index is 0.344. The lowest BCUT2D eigenvalue weighted by atomic mass is 10.1. The average Bonchev–Trinajstić information content (AvgIpc) is 3.09. The second kappa shape index (κ2) is 7.11. The number of fused-ring (bicyclic) bond motifs is 2. The first kappa shape index (κ1) is 18.6. The van der Waals surface area contributed by atoms with Crippen molar-refractivity contribution in [3.63, 3.8) is 0 Å². The normalized spacial score (nSPS) is 20.2. The van der Waals surface area contributed by atoms with Crippen LogP contribution in [-0.2, 0) is 16.4 Å². The molecule has 3 heterocycles. The molecule has 3 aromatic rings. The highest BCUT2D eigenvalue weighted by molar-refractivity contribution is 7.89. The predicted octanol–water partition coefficient (Wildman–Crippen LogP) is 4.49. The molecule has 0 radical (unpaired) electrons. The van der Waals surface area contributed by atoms with Gasteiger partial charge in [-0.25, -0.2) is 13.4 Å². The van der Waals surface area contributed by atoms with E-state index in [1.54, 1.807) is 16.4 Å². The first-order valence-electron chi connectivity index (χ1n) is 10.3. The van der Waals surface area contributed by atoms with Crippen LogP contribution in [0.15, 0.2) is 59.5 Å². The van der Waals surface area contributed by atoms with Crippen molar-refractivity contribution in [2.45, 2.75) is 43.5 Å². The lowest BCUT2D eigenvalue weighted by molar-refractivity contribution is 0.346. The zero-order valence-electron chi connectivity index (χ0n) is 16.6. The maximum Gasteiger partial charge on any atom is 0.243 e. The van der Waals surface area contributed by atoms with Crippen LogP contribution in [0, 0.1) is 0 Å². The summed E-state index contributed by atoms with van der Waals surface area (Å²) in [4.78, 5) is 7.49. The smallest absolute Gasteiger partial charge is 0.243 e. The number of aromatic nitrogens is 1. The van der Waals surface area contributed by atoms with Gasteiger partial charge < -0.3 is 4.90 Å². The summed E-state index contributed by atoms with van der Waals surface area (Å²) in [6.07, 6.45) is 3.98. The fraction of sp³-hybridized carbons (Fsp3) is 0.348. The minimum Gasteiger partial charge on any atom is -0.323 e. The molecular formula is C23H25N3O2S. The summed E-state index contributed by atoms with van der Waals surface area (Å²) in [6, 6.07) is 18.1. The van der Waals surface area contributed by atoms with E-state index in [-0.39, 0.29) is 0 Å². The molecule has 1 aromatic heterocycles. The molecule has 1 saturated heterocycles. The molecule has 0 spiro atoms. The van der Waals surface area contributed by atoms with E-state index in [0.29, 0.717) is 24.0 Å². The van der Waals surface area contributed by atoms with Gasteiger partial charge in [0.25, 0.3) is 0 Å². The first-order valence-corrected chi connectivity index (χ1v) is 11.8. The highest BCUT2D eigenvalue weighted by Gasteiger charge is 2.28. The molecular weight excluding hydrogens is 382 g/mol. The lowest BCUT2D eigenvalue weighted by Gasteiger charge is -2.26. The number of hydrogen-bond acceptors (Lipinski definition) is 4. The SMILES string of the molecule is CC1Cc2ccccc2N1c1ccc2cc(S(=O)(=O)N3CCCCC3)ccc2n1. The van der Waals surface area contributed by atoms with Gasteiger partial charge in [-0.1, -0.05) is 24.6 Å². The molecule has 0 N–H and O–H groups in total. The molecule has 0 bridgehead atoms. The largest absolute Gasteiger partial charge is 0.323 e. The van der Waals surface area contributed by atoms with Crippen molar-refractivity contribution in [1.29, 1.82) is 0 Å². The third-order valence-corrected chi connectivity index (χ3v) is 7.95. The Balaban J connectivity index is 1.51. The van der Waals surface area contributed by atoms with Gasteiger partial charge in [-0.3, -0.25) is 0 Å². The van der Waals surface area contributed by atoms with E-state index < -0.39 is 10.0 Å². The fourth-order valence-electron chi connectivity index (χ4n) is 4.56. The molecule has 29 heavy (non-hydrogen) atoms. The Morgan fingerprint density at radius 1 is 0.966 bits per heavy atom. The number of nitrogens with zero attached hydrogens (tertiary/aromatic N) is 3. The molecule has 2 aliphatic heterocycles. The van der Waals surface area contributed by atoms with Gasteiger partial charge in [-0.05, 0) is 68.1 Å². The Morgan fingerprint density at radius 2 is 1.76 bits per heavy atom. The van der Waals surface area contributed by atoms with E-state index >= 15 is 0 Å². The van der Waals surface area contributed by atoms with Gasteiger partial charge in [0, 0.05) is 30.2 Å². The maximum absolute atomic E-state index is 13.0. The molecule has 1 atom stereocenters. The minimum atomic E-state index is -3.43. The Hall–Kier alpha value is -2.44. The molecule has 6 heteroatoms. The van der Waals surface area contributed by atoms with Crippen LogP contribution in [0.3, 0.4) is 0 Å². The maximum atomic E-state index is 13.0. The fourth-order valence-corrected chi connectivity index (χ4v) is 6.11. The zero-order valence-corrected chi connectivity index (χ0v) is 17.4. The summed E-state index contributed by atoms with van der Waals surface area (Å²) in [5, 5.41) is 0.854. The third-order valence-electron chi connectivity index (χ3n) is 6.05. The molecule has 1 unspecified atom stereocenters. The second-order valence-electron chi connectivity index (χ2n) is 8.04. The van der Waals surface area contributed by atoms with Crippen molar-refractivity contribution >= 4 is 32.4 Å². The number of anilines is 2. The van der Waals surface area contributed by atoms with Crippen LogP contribution in [0.4, 0.5) is 11.5 Å². The summed E-state index contributed by atoms with van der Waals surface area (Å²) in [5.74, 6) is 0.904. The van der Waals surface area contributed by atoms with Gasteiger partial charge >= 0.3 is 0 Å². The Morgan fingerprint density at radius 3 is 2.59 bits per heavy atom. The van der Waals surface area contributed by atoms with Crippen LogP contribution >= 0.6 is 0 Å². The van der Waals surface area contributed by atoms with Crippen molar-refractivity contribution in [3.05, 3.63) is 60.2 Å². The van der Waals surface area contributed by atoms with Crippen molar-refractivity contribution in [2.24, 2.45) is 0 Å². The molecule has 150 valence electrons. The average molecular weight is 408 g/mol. The molecule has 5 nitrogen and oxygen atoms in total. The standard InChI is InChI=1S/C23H25N3O2S/c1-17-15-19-7-3-4-8-22(19)26(17)23-12-9-18-16-20(10-11-21(18)24-23)29(27,28)25-13-5-2-6-14-25/h3-4,7-12,16-17H,2,5-6,13-15H2,1H3. The number of sulfonamides is 1. The molecule has 1 fully saturated rings. The zero-order chi connectivity index (χ0) is 20.0. The van der Waals surface area contributed by atoms with Crippen LogP contribution in [0.25, 0.3) is 10.9 Å². The first-order chi connectivity index (χ1) is 14.0. The van der Waals surface area contributed by atoms with Gasteiger partial charge in [0.1, 0.15) is 5.82 Å². The summed E-state index contributed by atoms with van der Waals surface area (Å²) >= 11 is 0. The number of rotatable bonds is 3. The summed E-state index contributed by atoms with van der Waals surface area (Å²) < 4.78 is 27.6. The molecule has 0 saturated carbocycles. The molecule has 2 aliphatic rings. The van der Waals surface area contributed by atoms with Gasteiger partial charge in [-0.15, -0.1) is 0 Å². The van der Waals surface area contributed by atoms with E-state index in [1.165, 1.54) is 11.3 Å². The highest BCUT2D eigenvalue weighted by atomic mass is 32.2. The van der Waals surface area contributed by atoms with Crippen LogP contribution in [-0.4, -0.2) is 36.8 Å². The van der Waals surface area contributed by atoms with Crippen LogP contribution in [0.5, 0.6) is 0 Å². The quantitative estimate of drug-likeness (QED) is 0.642. The van der Waals surface area contributed by atoms with Gasteiger partial charge in [-0.2, -0.15) is 4.31 Å². The number of pyridine rings is 1. The Kier molecular flexibility index (Phi) is 4.56. The second-order valence-corrected chi connectivity index (χ2v) is 9.98. The molecule has 5 rings (SSSR count). The number of hydrogen-bond donors (Lipinski definition) is 0. The third kappa shape index (κ3) is 3.20. The molecule has 0 amide bonds. The van der Waals surface area contributed by atoms with E-state index in [1.807, 2.05) is 18.2 Å². The van der Waals surface area contributed by atoms with Crippen LogP contribution in [0.1, 0.15) is 31.7 Å². The van der Waals surface area contributed by atoms with Crippen molar-refractivity contribution in [2.75, 3.05) is 18.0 Å². The number of piperidine rings is 1. The lowest BCUT2D eigenvalue weighted by Crippen LogP contribution is -2.35. The van der Waals surface area contributed by atoms with Crippen molar-refractivity contribution < 1.29 is 8.42 Å². The van der Waals surface area contributed by atoms with E-state index in [2.05, 4.69) is 36.1 Å². The van der Waals surface area contributed by atoms with Crippen molar-refractivity contribution in [3.8, 4) is 0 Å². The Bertz CT molecular complexity index is 1170. The predicted molar refractivity (Wildman–Crippen MR) is 116 cm³/mol. The topological polar surface area (TPSA) is 53.5 Å². The monoisotopic (exact) mass is 407 g/mol. The summed E-state index contributed by atoms with van der Waals surface area (Å²) in [5.41, 5.74) is 3.36. The van der Waals surface area contributed by atoms with E-state index in [4.69, 9.17) is 4.98 Å². The summed E-state index contributed by atoms with van der Waals surface area (Å²) in [7, 11) is -3.43.